The van der Waals surface area contributed by atoms with Gasteiger partial charge in [-0.3, -0.25) is 4.79 Å². The summed E-state index contributed by atoms with van der Waals surface area (Å²) in [4.78, 5) is 19.2. The first-order chi connectivity index (χ1) is 10.8. The van der Waals surface area contributed by atoms with Crippen molar-refractivity contribution in [2.24, 2.45) is 0 Å². The number of alkyl halides is 3. The van der Waals surface area contributed by atoms with Gasteiger partial charge < -0.3 is 10.6 Å². The molecule has 2 aromatic rings. The molecule has 0 saturated carbocycles. The van der Waals surface area contributed by atoms with Gasteiger partial charge in [0.05, 0.1) is 0 Å². The van der Waals surface area contributed by atoms with E-state index in [2.05, 4.69) is 20.6 Å². The first kappa shape index (κ1) is 16.7. The van der Waals surface area contributed by atoms with Crippen LogP contribution in [0.4, 0.5) is 24.8 Å². The third kappa shape index (κ3) is 5.24. The monoisotopic (exact) mass is 324 g/mol. The smallest absolute Gasteiger partial charge is 0.370 e. The number of rotatable bonds is 5. The molecule has 0 aliphatic heterocycles. The number of halogens is 3. The Hall–Kier alpha value is -2.64. The van der Waals surface area contributed by atoms with Crippen LogP contribution in [0.3, 0.4) is 0 Å². The standard InChI is InChI=1S/C15H15F3N4O/c1-10-5-6-13(20-9-10)22-14(23)7-8-19-12-4-2-3-11(21-12)15(16,17)18/h2-6,9H,7-8H2,1H3,(H,19,21)(H,20,22,23). The minimum atomic E-state index is -4.49. The molecule has 2 heterocycles. The minimum absolute atomic E-state index is 0.0704. The number of anilines is 2. The molecule has 0 bridgehead atoms. The number of carbonyl (C=O) groups excluding carboxylic acids is 1. The number of hydrogen-bond acceptors (Lipinski definition) is 4. The number of aryl methyl sites for hydroxylation is 1. The van der Waals surface area contributed by atoms with E-state index in [4.69, 9.17) is 0 Å². The van der Waals surface area contributed by atoms with Crippen LogP contribution in [-0.2, 0) is 11.0 Å². The largest absolute Gasteiger partial charge is 0.433 e. The molecule has 2 aromatic heterocycles. The van der Waals surface area contributed by atoms with Crippen molar-refractivity contribution < 1.29 is 18.0 Å². The summed E-state index contributed by atoms with van der Waals surface area (Å²) < 4.78 is 37.6. The Kier molecular flexibility index (Phi) is 5.15. The average molecular weight is 324 g/mol. The molecule has 122 valence electrons. The number of amides is 1. The van der Waals surface area contributed by atoms with Crippen LogP contribution in [0.1, 0.15) is 17.7 Å². The maximum atomic E-state index is 12.5. The predicted octanol–water partition coefficient (Wildman–Crippen LogP) is 3.24. The summed E-state index contributed by atoms with van der Waals surface area (Å²) in [5.74, 6) is 0.208. The summed E-state index contributed by atoms with van der Waals surface area (Å²) in [6.45, 7) is 2.04. The van der Waals surface area contributed by atoms with Crippen LogP contribution in [0, 0.1) is 6.92 Å². The summed E-state index contributed by atoms with van der Waals surface area (Å²) in [6, 6.07) is 7.05. The molecule has 0 aliphatic rings. The minimum Gasteiger partial charge on any atom is -0.370 e. The van der Waals surface area contributed by atoms with Crippen LogP contribution in [0.25, 0.3) is 0 Å². The van der Waals surface area contributed by atoms with Gasteiger partial charge in [-0.1, -0.05) is 12.1 Å². The molecule has 0 unspecified atom stereocenters. The van der Waals surface area contributed by atoms with E-state index in [9.17, 15) is 18.0 Å². The Morgan fingerprint density at radius 2 is 1.96 bits per heavy atom. The first-order valence-electron chi connectivity index (χ1n) is 6.85. The SMILES string of the molecule is Cc1ccc(NC(=O)CCNc2cccc(C(F)(F)F)n2)nc1. The normalized spacial score (nSPS) is 11.1. The van der Waals surface area contributed by atoms with Crippen LogP contribution >= 0.6 is 0 Å². The number of aromatic nitrogens is 2. The zero-order valence-electron chi connectivity index (χ0n) is 12.3. The summed E-state index contributed by atoms with van der Waals surface area (Å²) in [5, 5.41) is 5.29. The van der Waals surface area contributed by atoms with E-state index in [1.54, 1.807) is 12.3 Å². The van der Waals surface area contributed by atoms with Gasteiger partial charge >= 0.3 is 6.18 Å². The molecule has 0 saturated heterocycles. The van der Waals surface area contributed by atoms with Crippen LogP contribution in [0.15, 0.2) is 36.5 Å². The summed E-state index contributed by atoms with van der Waals surface area (Å²) in [7, 11) is 0. The zero-order valence-corrected chi connectivity index (χ0v) is 12.3. The third-order valence-corrected chi connectivity index (χ3v) is 2.88. The Morgan fingerprint density at radius 1 is 1.17 bits per heavy atom. The molecule has 23 heavy (non-hydrogen) atoms. The van der Waals surface area contributed by atoms with Gasteiger partial charge in [0.1, 0.15) is 17.3 Å². The summed E-state index contributed by atoms with van der Waals surface area (Å²) in [5.41, 5.74) is -0.00362. The van der Waals surface area contributed by atoms with Crippen molar-refractivity contribution >= 4 is 17.5 Å². The van der Waals surface area contributed by atoms with Crippen molar-refractivity contribution in [1.29, 1.82) is 0 Å². The van der Waals surface area contributed by atoms with Crippen LogP contribution in [0.5, 0.6) is 0 Å². The first-order valence-corrected chi connectivity index (χ1v) is 6.85. The van der Waals surface area contributed by atoms with Crippen LogP contribution in [0.2, 0.25) is 0 Å². The van der Waals surface area contributed by atoms with Crippen molar-refractivity contribution in [3.63, 3.8) is 0 Å². The quantitative estimate of drug-likeness (QED) is 0.886. The lowest BCUT2D eigenvalue weighted by Crippen LogP contribution is -2.17. The third-order valence-electron chi connectivity index (χ3n) is 2.88. The van der Waals surface area contributed by atoms with Gasteiger partial charge in [0.15, 0.2) is 0 Å². The molecular weight excluding hydrogens is 309 g/mol. The lowest BCUT2D eigenvalue weighted by Gasteiger charge is -2.09. The van der Waals surface area contributed by atoms with E-state index in [-0.39, 0.29) is 24.7 Å². The number of nitrogens with one attached hydrogen (secondary N) is 2. The molecular formula is C15H15F3N4O. The predicted molar refractivity (Wildman–Crippen MR) is 79.9 cm³/mol. The van der Waals surface area contributed by atoms with Crippen molar-refractivity contribution in [2.45, 2.75) is 19.5 Å². The second kappa shape index (κ2) is 7.08. The van der Waals surface area contributed by atoms with Gasteiger partial charge in [-0.15, -0.1) is 0 Å². The van der Waals surface area contributed by atoms with Gasteiger partial charge in [-0.25, -0.2) is 9.97 Å². The highest BCUT2D eigenvalue weighted by molar-refractivity contribution is 5.89. The van der Waals surface area contributed by atoms with Gasteiger partial charge in [0.2, 0.25) is 5.91 Å². The zero-order chi connectivity index (χ0) is 16.9. The number of pyridine rings is 2. The van der Waals surface area contributed by atoms with Crippen molar-refractivity contribution in [2.75, 3.05) is 17.2 Å². The fourth-order valence-electron chi connectivity index (χ4n) is 1.74. The van der Waals surface area contributed by atoms with E-state index in [1.807, 2.05) is 13.0 Å². The Balaban J connectivity index is 1.82. The Morgan fingerprint density at radius 3 is 2.61 bits per heavy atom. The van der Waals surface area contributed by atoms with E-state index >= 15 is 0 Å². The van der Waals surface area contributed by atoms with E-state index in [1.165, 1.54) is 12.1 Å². The highest BCUT2D eigenvalue weighted by atomic mass is 19.4. The highest BCUT2D eigenvalue weighted by Crippen LogP contribution is 2.28. The van der Waals surface area contributed by atoms with Crippen LogP contribution in [-0.4, -0.2) is 22.4 Å². The molecule has 8 heteroatoms. The number of carbonyl (C=O) groups is 1. The van der Waals surface area contributed by atoms with Crippen molar-refractivity contribution in [3.8, 4) is 0 Å². The second-order valence-corrected chi connectivity index (χ2v) is 4.85. The summed E-state index contributed by atoms with van der Waals surface area (Å²) >= 11 is 0. The van der Waals surface area contributed by atoms with E-state index in [0.29, 0.717) is 5.82 Å². The Labute approximate surface area is 131 Å². The van der Waals surface area contributed by atoms with Gasteiger partial charge in [0.25, 0.3) is 0 Å². The maximum absolute atomic E-state index is 12.5. The number of hydrogen-bond donors (Lipinski definition) is 2. The molecule has 5 nitrogen and oxygen atoms in total. The second-order valence-electron chi connectivity index (χ2n) is 4.85. The van der Waals surface area contributed by atoms with Crippen molar-refractivity contribution in [3.05, 3.63) is 47.8 Å². The average Bonchev–Trinajstić information content (AvgIpc) is 2.49. The van der Waals surface area contributed by atoms with Crippen molar-refractivity contribution in [1.82, 2.24) is 9.97 Å². The lowest BCUT2D eigenvalue weighted by atomic mass is 10.3. The lowest BCUT2D eigenvalue weighted by molar-refractivity contribution is -0.141. The van der Waals surface area contributed by atoms with E-state index in [0.717, 1.165) is 11.6 Å². The number of nitrogens with zero attached hydrogens (tertiary/aromatic N) is 2. The molecule has 0 fully saturated rings. The molecule has 0 aromatic carbocycles. The van der Waals surface area contributed by atoms with Gasteiger partial charge in [-0.05, 0) is 30.7 Å². The maximum Gasteiger partial charge on any atom is 0.433 e. The molecule has 2 N–H and O–H groups in total. The highest BCUT2D eigenvalue weighted by Gasteiger charge is 2.32. The molecule has 1 amide bonds. The Bertz CT molecular complexity index is 671. The van der Waals surface area contributed by atoms with Crippen LogP contribution < -0.4 is 10.6 Å². The van der Waals surface area contributed by atoms with Gasteiger partial charge in [0, 0.05) is 19.2 Å². The molecule has 2 rings (SSSR count). The molecule has 0 aliphatic carbocycles. The fourth-order valence-corrected chi connectivity index (χ4v) is 1.74. The molecule has 0 atom stereocenters. The molecule has 0 spiro atoms. The topological polar surface area (TPSA) is 66.9 Å². The molecule has 0 radical (unpaired) electrons. The fraction of sp³-hybridized carbons (Fsp3) is 0.267. The van der Waals surface area contributed by atoms with E-state index < -0.39 is 11.9 Å². The van der Waals surface area contributed by atoms with Gasteiger partial charge in [-0.2, -0.15) is 13.2 Å². The summed E-state index contributed by atoms with van der Waals surface area (Å²) in [6.07, 6.45) is -2.79.